The van der Waals surface area contributed by atoms with E-state index in [0.717, 1.165) is 36.9 Å². The first-order chi connectivity index (χ1) is 10.3. The summed E-state index contributed by atoms with van der Waals surface area (Å²) in [6.07, 6.45) is 0. The van der Waals surface area contributed by atoms with E-state index in [2.05, 4.69) is 35.2 Å². The van der Waals surface area contributed by atoms with E-state index < -0.39 is 0 Å². The van der Waals surface area contributed by atoms with Crippen LogP contribution in [-0.4, -0.2) is 25.4 Å². The summed E-state index contributed by atoms with van der Waals surface area (Å²) in [6.45, 7) is 2.84. The second-order valence-electron chi connectivity index (χ2n) is 5.57. The largest absolute Gasteiger partial charge is 0.493 e. The standard InChI is InChI=1S/C17H18N2OS/c18-13-5-6-17-15(9-13)19(7-8-21-17)10-12-11-20-16-4-2-1-3-14(12)16/h1-6,9,12H,7-8,10-11,18H2. The molecule has 3 nitrogen and oxygen atoms in total. The highest BCUT2D eigenvalue weighted by atomic mass is 32.2. The zero-order chi connectivity index (χ0) is 14.2. The van der Waals surface area contributed by atoms with Crippen molar-refractivity contribution in [3.05, 3.63) is 48.0 Å². The molecule has 2 heterocycles. The van der Waals surface area contributed by atoms with Crippen LogP contribution >= 0.6 is 11.8 Å². The number of anilines is 2. The lowest BCUT2D eigenvalue weighted by Gasteiger charge is -2.32. The van der Waals surface area contributed by atoms with E-state index in [1.165, 1.54) is 16.1 Å². The number of hydrogen-bond acceptors (Lipinski definition) is 4. The van der Waals surface area contributed by atoms with E-state index >= 15 is 0 Å². The molecule has 2 aliphatic heterocycles. The second-order valence-corrected chi connectivity index (χ2v) is 6.70. The van der Waals surface area contributed by atoms with Gasteiger partial charge in [-0.2, -0.15) is 0 Å². The van der Waals surface area contributed by atoms with E-state index in [4.69, 9.17) is 10.5 Å². The van der Waals surface area contributed by atoms with Crippen LogP contribution in [0.2, 0.25) is 0 Å². The van der Waals surface area contributed by atoms with E-state index in [1.807, 2.05) is 23.9 Å². The number of rotatable bonds is 2. The zero-order valence-electron chi connectivity index (χ0n) is 11.8. The van der Waals surface area contributed by atoms with Gasteiger partial charge in [0.2, 0.25) is 0 Å². The van der Waals surface area contributed by atoms with Gasteiger partial charge < -0.3 is 15.4 Å². The monoisotopic (exact) mass is 298 g/mol. The SMILES string of the molecule is Nc1ccc2c(c1)N(CC1COc3ccccc31)CCS2. The number of thioether (sulfide) groups is 1. The van der Waals surface area contributed by atoms with Crippen molar-refractivity contribution in [2.75, 3.05) is 36.1 Å². The molecular formula is C17H18N2OS. The summed E-state index contributed by atoms with van der Waals surface area (Å²) in [5.41, 5.74) is 9.41. The normalized spacial score (nSPS) is 19.8. The van der Waals surface area contributed by atoms with Gasteiger partial charge in [0.1, 0.15) is 5.75 Å². The molecule has 0 fully saturated rings. The number of nitrogen functional groups attached to an aromatic ring is 1. The van der Waals surface area contributed by atoms with Crippen molar-refractivity contribution < 1.29 is 4.74 Å². The van der Waals surface area contributed by atoms with Gasteiger partial charge in [-0.25, -0.2) is 0 Å². The third kappa shape index (κ3) is 2.33. The number of ether oxygens (including phenoxy) is 1. The Hall–Kier alpha value is -1.81. The quantitative estimate of drug-likeness (QED) is 0.863. The van der Waals surface area contributed by atoms with Crippen molar-refractivity contribution in [2.24, 2.45) is 0 Å². The third-order valence-corrected chi connectivity index (χ3v) is 5.23. The van der Waals surface area contributed by atoms with E-state index in [1.54, 1.807) is 0 Å². The van der Waals surface area contributed by atoms with Crippen molar-refractivity contribution in [3.63, 3.8) is 0 Å². The molecule has 1 unspecified atom stereocenters. The van der Waals surface area contributed by atoms with Crippen LogP contribution in [0, 0.1) is 0 Å². The van der Waals surface area contributed by atoms with E-state index in [9.17, 15) is 0 Å². The summed E-state index contributed by atoms with van der Waals surface area (Å²) < 4.78 is 5.81. The van der Waals surface area contributed by atoms with Crippen molar-refractivity contribution in [3.8, 4) is 5.75 Å². The first-order valence-corrected chi connectivity index (χ1v) is 8.29. The summed E-state index contributed by atoms with van der Waals surface area (Å²) >= 11 is 1.92. The summed E-state index contributed by atoms with van der Waals surface area (Å²) in [7, 11) is 0. The minimum Gasteiger partial charge on any atom is -0.493 e. The Morgan fingerprint density at radius 3 is 3.10 bits per heavy atom. The molecule has 2 aromatic carbocycles. The van der Waals surface area contributed by atoms with Crippen LogP contribution in [-0.2, 0) is 0 Å². The topological polar surface area (TPSA) is 38.5 Å². The number of nitrogens with zero attached hydrogens (tertiary/aromatic N) is 1. The highest BCUT2D eigenvalue weighted by Gasteiger charge is 2.27. The highest BCUT2D eigenvalue weighted by molar-refractivity contribution is 7.99. The molecule has 2 aromatic rings. The average molecular weight is 298 g/mol. The van der Waals surface area contributed by atoms with Gasteiger partial charge in [0.25, 0.3) is 0 Å². The Morgan fingerprint density at radius 1 is 1.24 bits per heavy atom. The molecule has 1 atom stereocenters. The molecule has 4 rings (SSSR count). The molecular weight excluding hydrogens is 280 g/mol. The van der Waals surface area contributed by atoms with Crippen LogP contribution in [0.5, 0.6) is 5.75 Å². The Morgan fingerprint density at radius 2 is 2.14 bits per heavy atom. The molecule has 0 spiro atoms. The van der Waals surface area contributed by atoms with Crippen LogP contribution in [0.15, 0.2) is 47.4 Å². The molecule has 108 valence electrons. The lowest BCUT2D eigenvalue weighted by Crippen LogP contribution is -2.33. The lowest BCUT2D eigenvalue weighted by atomic mass is 10.0. The van der Waals surface area contributed by atoms with Crippen LogP contribution in [0.25, 0.3) is 0 Å². The Bertz CT molecular complexity index is 674. The van der Waals surface area contributed by atoms with Crippen LogP contribution < -0.4 is 15.4 Å². The molecule has 0 radical (unpaired) electrons. The van der Waals surface area contributed by atoms with Gasteiger partial charge in [-0.1, -0.05) is 18.2 Å². The van der Waals surface area contributed by atoms with Gasteiger partial charge in [0.15, 0.2) is 0 Å². The number of benzene rings is 2. The third-order valence-electron chi connectivity index (χ3n) is 4.18. The van der Waals surface area contributed by atoms with Crippen LogP contribution in [0.1, 0.15) is 11.5 Å². The van der Waals surface area contributed by atoms with Crippen LogP contribution in [0.4, 0.5) is 11.4 Å². The Balaban J connectivity index is 1.61. The fourth-order valence-corrected chi connectivity index (χ4v) is 4.16. The van der Waals surface area contributed by atoms with Gasteiger partial charge in [0, 0.05) is 40.9 Å². The molecule has 0 aliphatic carbocycles. The minimum absolute atomic E-state index is 0.443. The molecule has 0 bridgehead atoms. The summed E-state index contributed by atoms with van der Waals surface area (Å²) in [6, 6.07) is 14.6. The Labute approximate surface area is 129 Å². The zero-order valence-corrected chi connectivity index (χ0v) is 12.6. The van der Waals surface area contributed by atoms with Crippen molar-refractivity contribution in [2.45, 2.75) is 10.8 Å². The number of hydrogen-bond donors (Lipinski definition) is 1. The number of para-hydroxylation sites is 1. The van der Waals surface area contributed by atoms with Crippen molar-refractivity contribution >= 4 is 23.1 Å². The molecule has 0 aromatic heterocycles. The summed E-state index contributed by atoms with van der Waals surface area (Å²) in [5, 5.41) is 0. The predicted octanol–water partition coefficient (Wildman–Crippen LogP) is 3.36. The fourth-order valence-electron chi connectivity index (χ4n) is 3.13. The summed E-state index contributed by atoms with van der Waals surface area (Å²) in [5.74, 6) is 2.62. The number of fused-ring (bicyclic) bond motifs is 2. The van der Waals surface area contributed by atoms with Crippen LogP contribution in [0.3, 0.4) is 0 Å². The molecule has 21 heavy (non-hydrogen) atoms. The predicted molar refractivity (Wildman–Crippen MR) is 88.5 cm³/mol. The van der Waals surface area contributed by atoms with Gasteiger partial charge in [0.05, 0.1) is 12.3 Å². The molecule has 4 heteroatoms. The second kappa shape index (κ2) is 5.19. The van der Waals surface area contributed by atoms with Gasteiger partial charge in [-0.15, -0.1) is 11.8 Å². The molecule has 0 saturated heterocycles. The maximum absolute atomic E-state index is 5.97. The van der Waals surface area contributed by atoms with Gasteiger partial charge in [-0.05, 0) is 24.3 Å². The molecule has 0 amide bonds. The van der Waals surface area contributed by atoms with Gasteiger partial charge in [-0.3, -0.25) is 0 Å². The fraction of sp³-hybridized carbons (Fsp3) is 0.294. The Kier molecular flexibility index (Phi) is 3.19. The minimum atomic E-state index is 0.443. The average Bonchev–Trinajstić information content (AvgIpc) is 2.91. The van der Waals surface area contributed by atoms with Crippen molar-refractivity contribution in [1.29, 1.82) is 0 Å². The first-order valence-electron chi connectivity index (χ1n) is 7.30. The van der Waals surface area contributed by atoms with Crippen molar-refractivity contribution in [1.82, 2.24) is 0 Å². The molecule has 2 aliphatic rings. The van der Waals surface area contributed by atoms with E-state index in [0.29, 0.717) is 5.92 Å². The molecule has 2 N–H and O–H groups in total. The lowest BCUT2D eigenvalue weighted by molar-refractivity contribution is 0.331. The first kappa shape index (κ1) is 12.9. The summed E-state index contributed by atoms with van der Waals surface area (Å²) in [4.78, 5) is 3.79. The smallest absolute Gasteiger partial charge is 0.122 e. The highest BCUT2D eigenvalue weighted by Crippen LogP contribution is 2.39. The van der Waals surface area contributed by atoms with E-state index in [-0.39, 0.29) is 0 Å². The maximum Gasteiger partial charge on any atom is 0.122 e. The number of nitrogens with two attached hydrogens (primary N) is 1. The van der Waals surface area contributed by atoms with Gasteiger partial charge >= 0.3 is 0 Å². The maximum atomic E-state index is 5.97. The molecule has 0 saturated carbocycles.